The van der Waals surface area contributed by atoms with Gasteiger partial charge in [0.05, 0.1) is 6.04 Å². The minimum atomic E-state index is -0.0359. The van der Waals surface area contributed by atoms with Gasteiger partial charge in [0, 0.05) is 11.6 Å². The van der Waals surface area contributed by atoms with E-state index >= 15 is 0 Å². The topological polar surface area (TPSA) is 41.1 Å². The molecule has 0 aromatic heterocycles. The summed E-state index contributed by atoms with van der Waals surface area (Å²) >= 11 is 6.03. The lowest BCUT2D eigenvalue weighted by atomic mass is 10.0. The van der Waals surface area contributed by atoms with Gasteiger partial charge in [-0.2, -0.15) is 0 Å². The highest BCUT2D eigenvalue weighted by molar-refractivity contribution is 6.31. The van der Waals surface area contributed by atoms with Crippen LogP contribution in [0, 0.1) is 0 Å². The first kappa shape index (κ1) is 12.4. The molecule has 1 heterocycles. The van der Waals surface area contributed by atoms with Crippen molar-refractivity contribution in [1.82, 2.24) is 10.6 Å². The molecule has 17 heavy (non-hydrogen) atoms. The van der Waals surface area contributed by atoms with Crippen molar-refractivity contribution in [1.29, 1.82) is 0 Å². The third kappa shape index (κ3) is 3.45. The maximum atomic E-state index is 11.9. The number of nitrogens with one attached hydrogen (secondary N) is 2. The Balaban J connectivity index is 1.85. The van der Waals surface area contributed by atoms with Crippen molar-refractivity contribution in [2.75, 3.05) is 6.54 Å². The van der Waals surface area contributed by atoms with E-state index in [2.05, 4.69) is 10.6 Å². The lowest BCUT2D eigenvalue weighted by Gasteiger charge is -2.22. The summed E-state index contributed by atoms with van der Waals surface area (Å²) in [5.41, 5.74) is 0.957. The summed E-state index contributed by atoms with van der Waals surface area (Å²) < 4.78 is 0. The van der Waals surface area contributed by atoms with Crippen LogP contribution in [0.1, 0.15) is 24.8 Å². The highest BCUT2D eigenvalue weighted by atomic mass is 35.5. The molecule has 1 aliphatic rings. The Hall–Kier alpha value is -1.06. The average molecular weight is 253 g/mol. The molecule has 0 saturated carbocycles. The van der Waals surface area contributed by atoms with E-state index in [0.717, 1.165) is 31.4 Å². The number of hydrogen-bond donors (Lipinski definition) is 2. The molecule has 1 aliphatic heterocycles. The van der Waals surface area contributed by atoms with Crippen LogP contribution < -0.4 is 10.6 Å². The molecule has 1 amide bonds. The number of rotatable bonds is 3. The molecule has 1 fully saturated rings. The first-order chi connectivity index (χ1) is 8.27. The number of benzene rings is 1. The van der Waals surface area contributed by atoms with Crippen molar-refractivity contribution in [3.05, 3.63) is 34.9 Å². The highest BCUT2D eigenvalue weighted by Gasteiger charge is 2.19. The normalized spacial score (nSPS) is 19.9. The first-order valence-corrected chi connectivity index (χ1v) is 6.39. The van der Waals surface area contributed by atoms with E-state index in [1.807, 2.05) is 24.3 Å². The molecule has 2 rings (SSSR count). The van der Waals surface area contributed by atoms with Crippen molar-refractivity contribution in [3.63, 3.8) is 0 Å². The van der Waals surface area contributed by atoms with Gasteiger partial charge in [-0.25, -0.2) is 0 Å². The molecule has 1 aromatic carbocycles. The monoisotopic (exact) mass is 252 g/mol. The number of carbonyl (C=O) groups is 1. The van der Waals surface area contributed by atoms with Gasteiger partial charge in [-0.05, 0) is 31.0 Å². The second-order valence-corrected chi connectivity index (χ2v) is 4.72. The quantitative estimate of drug-likeness (QED) is 0.865. The number of carbonyl (C=O) groups excluding carboxylic acids is 1. The zero-order chi connectivity index (χ0) is 12.1. The molecule has 0 aliphatic carbocycles. The van der Waals surface area contributed by atoms with Crippen LogP contribution in [0.5, 0.6) is 0 Å². The third-order valence-electron chi connectivity index (χ3n) is 3.04. The second kappa shape index (κ2) is 6.03. The van der Waals surface area contributed by atoms with Crippen molar-refractivity contribution in [3.8, 4) is 0 Å². The fraction of sp³-hybridized carbons (Fsp3) is 0.462. The zero-order valence-electron chi connectivity index (χ0n) is 9.71. The van der Waals surface area contributed by atoms with Gasteiger partial charge in [0.1, 0.15) is 0 Å². The Morgan fingerprint density at radius 3 is 2.94 bits per heavy atom. The predicted octanol–water partition coefficient (Wildman–Crippen LogP) is 2.10. The molecule has 1 aromatic rings. The van der Waals surface area contributed by atoms with Crippen LogP contribution in [0.15, 0.2) is 24.3 Å². The molecule has 2 N–H and O–H groups in total. The van der Waals surface area contributed by atoms with E-state index in [1.165, 1.54) is 0 Å². The Kier molecular flexibility index (Phi) is 4.40. The van der Waals surface area contributed by atoms with Gasteiger partial charge in [0.2, 0.25) is 5.91 Å². The lowest BCUT2D eigenvalue weighted by molar-refractivity contribution is -0.123. The van der Waals surface area contributed by atoms with Gasteiger partial charge in [0.25, 0.3) is 0 Å². The fourth-order valence-electron chi connectivity index (χ4n) is 2.02. The molecule has 1 atom stereocenters. The lowest BCUT2D eigenvalue weighted by Crippen LogP contribution is -2.46. The van der Waals surface area contributed by atoms with Crippen LogP contribution in [0.25, 0.3) is 0 Å². The summed E-state index contributed by atoms with van der Waals surface area (Å²) in [5.74, 6) is 0.0737. The van der Waals surface area contributed by atoms with E-state index in [9.17, 15) is 4.79 Å². The van der Waals surface area contributed by atoms with Gasteiger partial charge in [-0.15, -0.1) is 0 Å². The summed E-state index contributed by atoms with van der Waals surface area (Å²) in [6.45, 7) is 1.43. The molecule has 4 heteroatoms. The number of amides is 1. The minimum absolute atomic E-state index is 0.0359. The second-order valence-electron chi connectivity index (χ2n) is 4.31. The van der Waals surface area contributed by atoms with Crippen LogP contribution in [-0.4, -0.2) is 18.5 Å². The van der Waals surface area contributed by atoms with Crippen LogP contribution >= 0.6 is 11.6 Å². The summed E-state index contributed by atoms with van der Waals surface area (Å²) in [4.78, 5) is 11.9. The molecule has 0 bridgehead atoms. The van der Waals surface area contributed by atoms with Gasteiger partial charge in [-0.3, -0.25) is 4.79 Å². The van der Waals surface area contributed by atoms with E-state index in [1.54, 1.807) is 0 Å². The van der Waals surface area contributed by atoms with Gasteiger partial charge < -0.3 is 10.6 Å². The maximum Gasteiger partial charge on any atom is 0.237 e. The largest absolute Gasteiger partial charge is 0.351 e. The SMILES string of the molecule is O=C(NCc1ccccc1Cl)[C@H]1CCCCN1. The average Bonchev–Trinajstić information content (AvgIpc) is 2.38. The number of piperidine rings is 1. The summed E-state index contributed by atoms with van der Waals surface area (Å²) in [6, 6.07) is 7.53. The van der Waals surface area contributed by atoms with Crippen LogP contribution in [0.3, 0.4) is 0 Å². The van der Waals surface area contributed by atoms with Crippen molar-refractivity contribution in [2.45, 2.75) is 31.8 Å². The van der Waals surface area contributed by atoms with Crippen molar-refractivity contribution >= 4 is 17.5 Å². The molecule has 0 unspecified atom stereocenters. The van der Waals surface area contributed by atoms with Gasteiger partial charge in [-0.1, -0.05) is 36.2 Å². The number of hydrogen-bond acceptors (Lipinski definition) is 2. The molecule has 0 radical (unpaired) electrons. The van der Waals surface area contributed by atoms with Crippen LogP contribution in [-0.2, 0) is 11.3 Å². The molecule has 1 saturated heterocycles. The highest BCUT2D eigenvalue weighted by Crippen LogP contribution is 2.14. The molecule has 92 valence electrons. The fourth-order valence-corrected chi connectivity index (χ4v) is 2.23. The standard InChI is InChI=1S/C13H17ClN2O/c14-11-6-2-1-5-10(11)9-16-13(17)12-7-3-4-8-15-12/h1-2,5-6,12,15H,3-4,7-9H2,(H,16,17)/t12-/m1/s1. The third-order valence-corrected chi connectivity index (χ3v) is 3.41. The van der Waals surface area contributed by atoms with Crippen LogP contribution in [0.2, 0.25) is 5.02 Å². The smallest absolute Gasteiger partial charge is 0.237 e. The van der Waals surface area contributed by atoms with Crippen molar-refractivity contribution in [2.24, 2.45) is 0 Å². The Morgan fingerprint density at radius 2 is 2.24 bits per heavy atom. The molecule has 3 nitrogen and oxygen atoms in total. The molecular formula is C13H17ClN2O. The Labute approximate surface area is 107 Å². The number of halogens is 1. The van der Waals surface area contributed by atoms with Gasteiger partial charge >= 0.3 is 0 Å². The van der Waals surface area contributed by atoms with E-state index in [0.29, 0.717) is 11.6 Å². The summed E-state index contributed by atoms with van der Waals surface area (Å²) in [5, 5.41) is 6.85. The Morgan fingerprint density at radius 1 is 1.41 bits per heavy atom. The zero-order valence-corrected chi connectivity index (χ0v) is 10.5. The molecular weight excluding hydrogens is 236 g/mol. The predicted molar refractivity (Wildman–Crippen MR) is 68.9 cm³/mol. The Bertz CT molecular complexity index is 389. The maximum absolute atomic E-state index is 11.9. The summed E-state index contributed by atoms with van der Waals surface area (Å²) in [7, 11) is 0. The first-order valence-electron chi connectivity index (χ1n) is 6.02. The minimum Gasteiger partial charge on any atom is -0.351 e. The van der Waals surface area contributed by atoms with E-state index in [4.69, 9.17) is 11.6 Å². The van der Waals surface area contributed by atoms with E-state index in [-0.39, 0.29) is 11.9 Å². The van der Waals surface area contributed by atoms with Gasteiger partial charge in [0.15, 0.2) is 0 Å². The molecule has 0 spiro atoms. The van der Waals surface area contributed by atoms with Crippen LogP contribution in [0.4, 0.5) is 0 Å². The summed E-state index contributed by atoms with van der Waals surface area (Å²) in [6.07, 6.45) is 3.21. The van der Waals surface area contributed by atoms with E-state index < -0.39 is 0 Å². The van der Waals surface area contributed by atoms with Crippen molar-refractivity contribution < 1.29 is 4.79 Å².